The van der Waals surface area contributed by atoms with Crippen LogP contribution in [0.1, 0.15) is 5.01 Å². The largest absolute Gasteiger partial charge is 0.289 e. The van der Waals surface area contributed by atoms with Crippen molar-refractivity contribution in [1.82, 2.24) is 9.88 Å². The van der Waals surface area contributed by atoms with Gasteiger partial charge in [-0.05, 0) is 19.2 Å². The summed E-state index contributed by atoms with van der Waals surface area (Å²) in [4.78, 5) is 6.62. The monoisotopic (exact) mass is 216 g/mol. The molecule has 0 atom stereocenters. The molecule has 0 fully saturated rings. The normalized spacial score (nSPS) is 10.7. The number of hydrogen-bond acceptors (Lipinski definition) is 3. The minimum absolute atomic E-state index is 0.663. The zero-order chi connectivity index (χ0) is 10.7. The first-order chi connectivity index (χ1) is 7.29. The van der Waals surface area contributed by atoms with E-state index in [1.54, 1.807) is 11.3 Å². The molecule has 0 radical (unpaired) electrons. The van der Waals surface area contributed by atoms with Gasteiger partial charge < -0.3 is 0 Å². The number of aromatic nitrogens is 1. The van der Waals surface area contributed by atoms with Crippen LogP contribution < -0.4 is 0 Å². The molecule has 1 aromatic heterocycles. The van der Waals surface area contributed by atoms with Crippen molar-refractivity contribution in [2.75, 3.05) is 13.6 Å². The van der Waals surface area contributed by atoms with Crippen molar-refractivity contribution in [3.8, 4) is 12.3 Å². The van der Waals surface area contributed by atoms with Crippen LogP contribution >= 0.6 is 11.3 Å². The standard InChI is InChI=1S/C12H12N2S/c1-3-8-14(2)9-12-13-10-6-4-5-7-11(10)15-12/h1,4-7H,8-9H2,2H3. The molecule has 0 amide bonds. The van der Waals surface area contributed by atoms with Gasteiger partial charge in [0.1, 0.15) is 5.01 Å². The van der Waals surface area contributed by atoms with Crippen LogP contribution in [0, 0.1) is 12.3 Å². The Bertz CT molecular complexity index is 463. The Hall–Kier alpha value is -1.37. The molecular weight excluding hydrogens is 204 g/mol. The molecule has 0 aliphatic heterocycles. The van der Waals surface area contributed by atoms with Gasteiger partial charge in [-0.25, -0.2) is 4.98 Å². The Morgan fingerprint density at radius 3 is 3.00 bits per heavy atom. The van der Waals surface area contributed by atoms with Crippen LogP contribution in [0.15, 0.2) is 24.3 Å². The Morgan fingerprint density at radius 2 is 2.27 bits per heavy atom. The maximum Gasteiger partial charge on any atom is 0.108 e. The molecule has 0 N–H and O–H groups in total. The molecule has 0 aliphatic carbocycles. The van der Waals surface area contributed by atoms with Crippen molar-refractivity contribution in [3.63, 3.8) is 0 Å². The number of thiazole rings is 1. The van der Waals surface area contributed by atoms with Gasteiger partial charge in [-0.15, -0.1) is 17.8 Å². The van der Waals surface area contributed by atoms with E-state index in [1.165, 1.54) is 4.70 Å². The van der Waals surface area contributed by atoms with Crippen molar-refractivity contribution >= 4 is 21.6 Å². The molecule has 2 rings (SSSR count). The molecule has 0 spiro atoms. The molecule has 0 aliphatic rings. The molecule has 0 bridgehead atoms. The third kappa shape index (κ3) is 2.35. The fraction of sp³-hybridized carbons (Fsp3) is 0.250. The summed E-state index contributed by atoms with van der Waals surface area (Å²) in [5.41, 5.74) is 1.08. The third-order valence-corrected chi connectivity index (χ3v) is 3.13. The van der Waals surface area contributed by atoms with Gasteiger partial charge in [0.2, 0.25) is 0 Å². The number of rotatable bonds is 3. The Labute approximate surface area is 93.6 Å². The highest BCUT2D eigenvalue weighted by Gasteiger charge is 2.04. The average Bonchev–Trinajstić information content (AvgIpc) is 2.59. The summed E-state index contributed by atoms with van der Waals surface area (Å²) in [5.74, 6) is 2.62. The predicted molar refractivity (Wildman–Crippen MR) is 64.8 cm³/mol. The van der Waals surface area contributed by atoms with Gasteiger partial charge in [0.15, 0.2) is 0 Å². The van der Waals surface area contributed by atoms with Crippen molar-refractivity contribution in [2.45, 2.75) is 6.54 Å². The minimum Gasteiger partial charge on any atom is -0.289 e. The van der Waals surface area contributed by atoms with Crippen LogP contribution in [0.3, 0.4) is 0 Å². The summed E-state index contributed by atoms with van der Waals surface area (Å²) in [6.07, 6.45) is 5.25. The molecule has 76 valence electrons. The molecular formula is C12H12N2S. The maximum absolute atomic E-state index is 5.25. The second-order valence-electron chi connectivity index (χ2n) is 3.45. The van der Waals surface area contributed by atoms with E-state index in [1.807, 2.05) is 25.2 Å². The number of terminal acetylenes is 1. The molecule has 15 heavy (non-hydrogen) atoms. The lowest BCUT2D eigenvalue weighted by Crippen LogP contribution is -2.17. The molecule has 0 unspecified atom stereocenters. The van der Waals surface area contributed by atoms with Gasteiger partial charge in [-0.1, -0.05) is 18.1 Å². The maximum atomic E-state index is 5.25. The van der Waals surface area contributed by atoms with Crippen LogP contribution in [0.2, 0.25) is 0 Å². The van der Waals surface area contributed by atoms with E-state index in [-0.39, 0.29) is 0 Å². The van der Waals surface area contributed by atoms with Gasteiger partial charge in [0.25, 0.3) is 0 Å². The number of fused-ring (bicyclic) bond motifs is 1. The average molecular weight is 216 g/mol. The van der Waals surface area contributed by atoms with E-state index in [9.17, 15) is 0 Å². The molecule has 1 aromatic carbocycles. The number of para-hydroxylation sites is 1. The summed E-state index contributed by atoms with van der Waals surface area (Å²) in [6.45, 7) is 1.49. The van der Waals surface area contributed by atoms with Crippen LogP contribution in [-0.2, 0) is 6.54 Å². The van der Waals surface area contributed by atoms with Gasteiger partial charge >= 0.3 is 0 Å². The van der Waals surface area contributed by atoms with E-state index in [4.69, 9.17) is 6.42 Å². The first-order valence-electron chi connectivity index (χ1n) is 4.76. The number of hydrogen-bond donors (Lipinski definition) is 0. The Morgan fingerprint density at radius 1 is 1.47 bits per heavy atom. The summed E-state index contributed by atoms with van der Waals surface area (Å²) >= 11 is 1.73. The zero-order valence-electron chi connectivity index (χ0n) is 8.60. The number of nitrogens with zero attached hydrogens (tertiary/aromatic N) is 2. The van der Waals surface area contributed by atoms with Crippen LogP contribution in [-0.4, -0.2) is 23.5 Å². The first kappa shape index (κ1) is 10.2. The highest BCUT2D eigenvalue weighted by Crippen LogP contribution is 2.22. The molecule has 2 nitrogen and oxygen atoms in total. The summed E-state index contributed by atoms with van der Waals surface area (Å²) < 4.78 is 1.24. The highest BCUT2D eigenvalue weighted by molar-refractivity contribution is 7.18. The van der Waals surface area contributed by atoms with E-state index < -0.39 is 0 Å². The second-order valence-corrected chi connectivity index (χ2v) is 4.57. The van der Waals surface area contributed by atoms with Crippen molar-refractivity contribution < 1.29 is 0 Å². The summed E-state index contributed by atoms with van der Waals surface area (Å²) in [5, 5.41) is 1.12. The van der Waals surface area contributed by atoms with E-state index in [2.05, 4.69) is 21.9 Å². The third-order valence-electron chi connectivity index (χ3n) is 2.10. The molecule has 0 saturated heterocycles. The lowest BCUT2D eigenvalue weighted by Gasteiger charge is -2.09. The summed E-state index contributed by atoms with van der Waals surface area (Å²) in [7, 11) is 2.01. The minimum atomic E-state index is 0.663. The predicted octanol–water partition coefficient (Wildman–Crippen LogP) is 2.36. The molecule has 2 aromatic rings. The molecule has 0 saturated carbocycles. The fourth-order valence-corrected chi connectivity index (χ4v) is 2.48. The highest BCUT2D eigenvalue weighted by atomic mass is 32.1. The van der Waals surface area contributed by atoms with Crippen LogP contribution in [0.4, 0.5) is 0 Å². The number of benzene rings is 1. The van der Waals surface area contributed by atoms with E-state index in [0.717, 1.165) is 17.1 Å². The molecule has 3 heteroatoms. The van der Waals surface area contributed by atoms with Crippen molar-refractivity contribution in [1.29, 1.82) is 0 Å². The lowest BCUT2D eigenvalue weighted by atomic mass is 10.3. The quantitative estimate of drug-likeness (QED) is 0.732. The first-order valence-corrected chi connectivity index (χ1v) is 5.57. The van der Waals surface area contributed by atoms with Gasteiger partial charge in [0.05, 0.1) is 23.3 Å². The zero-order valence-corrected chi connectivity index (χ0v) is 9.42. The summed E-state index contributed by atoms with van der Waals surface area (Å²) in [6, 6.07) is 8.18. The Kier molecular flexibility index (Phi) is 3.00. The Balaban J connectivity index is 2.19. The molecule has 1 heterocycles. The van der Waals surface area contributed by atoms with Crippen LogP contribution in [0.25, 0.3) is 10.2 Å². The van der Waals surface area contributed by atoms with Crippen LogP contribution in [0.5, 0.6) is 0 Å². The topological polar surface area (TPSA) is 16.1 Å². The van der Waals surface area contributed by atoms with Gasteiger partial charge in [-0.2, -0.15) is 0 Å². The fourth-order valence-electron chi connectivity index (χ4n) is 1.43. The van der Waals surface area contributed by atoms with E-state index in [0.29, 0.717) is 6.54 Å². The van der Waals surface area contributed by atoms with Gasteiger partial charge in [0, 0.05) is 0 Å². The van der Waals surface area contributed by atoms with Gasteiger partial charge in [-0.3, -0.25) is 4.90 Å². The van der Waals surface area contributed by atoms with E-state index >= 15 is 0 Å². The van der Waals surface area contributed by atoms with Crippen molar-refractivity contribution in [2.24, 2.45) is 0 Å². The second kappa shape index (κ2) is 4.43. The SMILES string of the molecule is C#CCN(C)Cc1nc2ccccc2s1. The smallest absolute Gasteiger partial charge is 0.108 e. The lowest BCUT2D eigenvalue weighted by molar-refractivity contribution is 0.369. The van der Waals surface area contributed by atoms with Crippen molar-refractivity contribution in [3.05, 3.63) is 29.3 Å².